The van der Waals surface area contributed by atoms with E-state index >= 15 is 0 Å². The molecule has 1 saturated carbocycles. The first-order valence-electron chi connectivity index (χ1n) is 13.2. The molecule has 7 heteroatoms. The van der Waals surface area contributed by atoms with Crippen molar-refractivity contribution in [1.82, 2.24) is 19.8 Å². The van der Waals surface area contributed by atoms with Gasteiger partial charge < -0.3 is 24.5 Å². The average molecular weight is 491 g/mol. The summed E-state index contributed by atoms with van der Waals surface area (Å²) in [5, 5.41) is 3.94. The van der Waals surface area contributed by atoms with Crippen molar-refractivity contribution in [2.75, 3.05) is 26.7 Å². The molecule has 36 heavy (non-hydrogen) atoms. The van der Waals surface area contributed by atoms with Crippen LogP contribution in [0.1, 0.15) is 66.0 Å². The maximum atomic E-state index is 13.5. The molecule has 0 bridgehead atoms. The highest BCUT2D eigenvalue weighted by Gasteiger charge is 2.31. The van der Waals surface area contributed by atoms with Crippen LogP contribution in [-0.4, -0.2) is 47.1 Å². The maximum Gasteiger partial charge on any atom is 0.256 e. The summed E-state index contributed by atoms with van der Waals surface area (Å²) in [6, 6.07) is 10.3. The number of nitrogens with one attached hydrogen (secondary N) is 2. The molecule has 2 fully saturated rings. The zero-order chi connectivity index (χ0) is 25.4. The van der Waals surface area contributed by atoms with Crippen molar-refractivity contribution in [2.24, 2.45) is 11.8 Å². The fraction of sp³-hybridized carbons (Fsp3) is 0.517. The molecule has 1 saturated heterocycles. The Balaban J connectivity index is 1.38. The van der Waals surface area contributed by atoms with Crippen LogP contribution < -0.4 is 15.6 Å². The van der Waals surface area contributed by atoms with Gasteiger partial charge >= 0.3 is 0 Å². The number of piperidine rings is 1. The Hall–Kier alpha value is -3.06. The lowest BCUT2D eigenvalue weighted by atomic mass is 9.89. The molecule has 1 unspecified atom stereocenters. The third-order valence-corrected chi connectivity index (χ3v) is 8.19. The topological polar surface area (TPSA) is 79.4 Å². The third kappa shape index (κ3) is 4.81. The number of carbonyl (C=O) groups excluding carboxylic acids is 1. The van der Waals surface area contributed by atoms with Crippen molar-refractivity contribution < 1.29 is 9.53 Å². The summed E-state index contributed by atoms with van der Waals surface area (Å²) >= 11 is 0. The molecule has 2 aliphatic rings. The molecule has 1 aromatic carbocycles. The highest BCUT2D eigenvalue weighted by Crippen LogP contribution is 2.37. The van der Waals surface area contributed by atoms with Crippen LogP contribution in [0.25, 0.3) is 10.9 Å². The summed E-state index contributed by atoms with van der Waals surface area (Å²) in [5.74, 6) is 1.83. The quantitative estimate of drug-likeness (QED) is 0.485. The molecule has 1 amide bonds. The molecular formula is C29H38N4O3. The number of rotatable bonds is 8. The standard InChI is InChI=1S/C29H38N4O3/c1-18-15-26(36-4)24(28(34)31-18)16-30-29(35)27-20(3)33(25-8-6-5-7-23(25)27)19(2)22-11-13-32(14-12-22)17-21-9-10-21/h5-8,15,19,21-22H,9-14,16-17H2,1-4H3,(H,30,35)(H,31,34). The van der Waals surface area contributed by atoms with Crippen molar-refractivity contribution in [3.8, 4) is 5.75 Å². The van der Waals surface area contributed by atoms with Gasteiger partial charge in [0.05, 0.1) is 24.8 Å². The summed E-state index contributed by atoms with van der Waals surface area (Å²) in [6.07, 6.45) is 5.19. The van der Waals surface area contributed by atoms with Crippen LogP contribution in [0.3, 0.4) is 0 Å². The molecule has 3 aromatic rings. The number of amides is 1. The first-order valence-corrected chi connectivity index (χ1v) is 13.2. The number of para-hydroxylation sites is 1. The number of aromatic amines is 1. The summed E-state index contributed by atoms with van der Waals surface area (Å²) in [6.45, 7) is 9.87. The van der Waals surface area contributed by atoms with E-state index in [4.69, 9.17) is 4.74 Å². The van der Waals surface area contributed by atoms with E-state index in [1.54, 1.807) is 6.07 Å². The highest BCUT2D eigenvalue weighted by molar-refractivity contribution is 6.08. The molecule has 1 aliphatic carbocycles. The van der Waals surface area contributed by atoms with Crippen LogP contribution in [0.5, 0.6) is 5.75 Å². The van der Waals surface area contributed by atoms with Crippen molar-refractivity contribution in [1.29, 1.82) is 0 Å². The summed E-state index contributed by atoms with van der Waals surface area (Å²) in [5.41, 5.74) is 3.66. The van der Waals surface area contributed by atoms with Gasteiger partial charge in [-0.25, -0.2) is 0 Å². The minimum absolute atomic E-state index is 0.103. The number of aryl methyl sites for hydroxylation is 1. The van der Waals surface area contributed by atoms with E-state index < -0.39 is 0 Å². The number of methoxy groups -OCH3 is 1. The third-order valence-electron chi connectivity index (χ3n) is 8.19. The summed E-state index contributed by atoms with van der Waals surface area (Å²) in [7, 11) is 1.54. The van der Waals surface area contributed by atoms with E-state index in [-0.39, 0.29) is 18.0 Å². The molecule has 2 N–H and O–H groups in total. The smallest absolute Gasteiger partial charge is 0.256 e. The summed E-state index contributed by atoms with van der Waals surface area (Å²) < 4.78 is 7.76. The number of ether oxygens (including phenoxy) is 1. The Morgan fingerprint density at radius 3 is 2.58 bits per heavy atom. The Morgan fingerprint density at radius 2 is 1.89 bits per heavy atom. The molecule has 192 valence electrons. The van der Waals surface area contributed by atoms with Gasteiger partial charge in [-0.05, 0) is 83.5 Å². The molecule has 1 aliphatic heterocycles. The number of aromatic nitrogens is 2. The van der Waals surface area contributed by atoms with Crippen molar-refractivity contribution in [3.05, 3.63) is 63.2 Å². The van der Waals surface area contributed by atoms with Gasteiger partial charge in [-0.3, -0.25) is 9.59 Å². The Kier molecular flexibility index (Phi) is 6.93. The van der Waals surface area contributed by atoms with Crippen LogP contribution in [0.2, 0.25) is 0 Å². The number of benzene rings is 1. The van der Waals surface area contributed by atoms with E-state index in [1.165, 1.54) is 52.4 Å². The van der Waals surface area contributed by atoms with Crippen molar-refractivity contribution in [3.63, 3.8) is 0 Å². The first-order chi connectivity index (χ1) is 17.4. The zero-order valence-electron chi connectivity index (χ0n) is 21.9. The fourth-order valence-electron chi connectivity index (χ4n) is 5.99. The lowest BCUT2D eigenvalue weighted by Gasteiger charge is -2.36. The second-order valence-electron chi connectivity index (χ2n) is 10.7. The Bertz CT molecular complexity index is 1310. The van der Waals surface area contributed by atoms with E-state index in [1.807, 2.05) is 32.0 Å². The van der Waals surface area contributed by atoms with Gasteiger partial charge in [-0.1, -0.05) is 18.2 Å². The van der Waals surface area contributed by atoms with Crippen LogP contribution in [0, 0.1) is 25.7 Å². The van der Waals surface area contributed by atoms with Gasteiger partial charge in [-0.2, -0.15) is 0 Å². The maximum absolute atomic E-state index is 13.5. The number of fused-ring (bicyclic) bond motifs is 1. The number of hydrogen-bond acceptors (Lipinski definition) is 4. The second-order valence-corrected chi connectivity index (χ2v) is 10.7. The molecule has 3 heterocycles. The Morgan fingerprint density at radius 1 is 1.17 bits per heavy atom. The first kappa shape index (κ1) is 24.6. The van der Waals surface area contributed by atoms with E-state index in [0.717, 1.165) is 28.2 Å². The van der Waals surface area contributed by atoms with Gasteiger partial charge in [0, 0.05) is 34.9 Å². The van der Waals surface area contributed by atoms with Crippen molar-refractivity contribution >= 4 is 16.8 Å². The predicted octanol–water partition coefficient (Wildman–Crippen LogP) is 4.57. The lowest BCUT2D eigenvalue weighted by molar-refractivity contribution is 0.0951. The van der Waals surface area contributed by atoms with Crippen LogP contribution in [0.15, 0.2) is 35.1 Å². The number of nitrogens with zero attached hydrogens (tertiary/aromatic N) is 2. The number of H-pyrrole nitrogens is 1. The zero-order valence-corrected chi connectivity index (χ0v) is 21.9. The van der Waals surface area contributed by atoms with Gasteiger partial charge in [0.1, 0.15) is 5.75 Å². The fourth-order valence-corrected chi connectivity index (χ4v) is 5.99. The number of carbonyl (C=O) groups is 1. The highest BCUT2D eigenvalue weighted by atomic mass is 16.5. The number of pyridine rings is 1. The molecular weight excluding hydrogens is 452 g/mol. The van der Waals surface area contributed by atoms with E-state index in [9.17, 15) is 9.59 Å². The van der Waals surface area contributed by atoms with Crippen LogP contribution >= 0.6 is 0 Å². The van der Waals surface area contributed by atoms with Gasteiger partial charge in [0.25, 0.3) is 11.5 Å². The van der Waals surface area contributed by atoms with Gasteiger partial charge in [-0.15, -0.1) is 0 Å². The van der Waals surface area contributed by atoms with Crippen LogP contribution in [-0.2, 0) is 6.54 Å². The number of likely N-dealkylation sites (tertiary alicyclic amines) is 1. The Labute approximate surface area is 212 Å². The van der Waals surface area contributed by atoms with E-state index in [2.05, 4.69) is 32.8 Å². The minimum atomic E-state index is -0.243. The minimum Gasteiger partial charge on any atom is -0.496 e. The SMILES string of the molecule is COc1cc(C)[nH]c(=O)c1CNC(=O)c1c(C)n(C(C)C2CCN(CC3CC3)CC2)c2ccccc12. The molecule has 0 spiro atoms. The average Bonchev–Trinajstić information content (AvgIpc) is 3.63. The largest absolute Gasteiger partial charge is 0.496 e. The second kappa shape index (κ2) is 10.1. The molecule has 7 nitrogen and oxygen atoms in total. The molecule has 5 rings (SSSR count). The number of hydrogen-bond donors (Lipinski definition) is 2. The molecule has 2 aromatic heterocycles. The van der Waals surface area contributed by atoms with E-state index in [0.29, 0.717) is 28.8 Å². The lowest BCUT2D eigenvalue weighted by Crippen LogP contribution is -2.37. The van der Waals surface area contributed by atoms with Crippen molar-refractivity contribution in [2.45, 2.75) is 59.0 Å². The summed E-state index contributed by atoms with van der Waals surface area (Å²) in [4.78, 5) is 31.5. The molecule has 0 radical (unpaired) electrons. The normalized spacial score (nSPS) is 17.9. The van der Waals surface area contributed by atoms with Crippen LogP contribution in [0.4, 0.5) is 0 Å². The van der Waals surface area contributed by atoms with Gasteiger partial charge in [0.2, 0.25) is 0 Å². The molecule has 1 atom stereocenters. The predicted molar refractivity (Wildman–Crippen MR) is 143 cm³/mol. The van der Waals surface area contributed by atoms with Gasteiger partial charge in [0.15, 0.2) is 0 Å². The monoisotopic (exact) mass is 490 g/mol.